The van der Waals surface area contributed by atoms with E-state index in [1.165, 1.54) is 24.2 Å². The van der Waals surface area contributed by atoms with Crippen molar-refractivity contribution in [3.05, 3.63) is 16.5 Å². The molecule has 0 radical (unpaired) electrons. The van der Waals surface area contributed by atoms with E-state index in [4.69, 9.17) is 4.74 Å². The maximum atomic E-state index is 12.2. The van der Waals surface area contributed by atoms with Crippen LogP contribution in [0, 0.1) is 5.92 Å². The van der Waals surface area contributed by atoms with Gasteiger partial charge in [-0.15, -0.1) is 11.3 Å². The summed E-state index contributed by atoms with van der Waals surface area (Å²) in [6.07, 6.45) is 5.28. The van der Waals surface area contributed by atoms with E-state index < -0.39 is 0 Å². The largest absolute Gasteiger partial charge is 0.462 e. The van der Waals surface area contributed by atoms with Gasteiger partial charge in [0.2, 0.25) is 5.91 Å². The zero-order valence-corrected chi connectivity index (χ0v) is 14.4. The topological polar surface area (TPSA) is 55.4 Å². The summed E-state index contributed by atoms with van der Waals surface area (Å²) < 4.78 is 5.09. The van der Waals surface area contributed by atoms with E-state index in [9.17, 15) is 9.59 Å². The van der Waals surface area contributed by atoms with Crippen LogP contribution in [0.4, 0.5) is 5.00 Å². The molecule has 1 aromatic rings. The molecule has 0 atom stereocenters. The number of amides is 1. The fourth-order valence-electron chi connectivity index (χ4n) is 2.80. The second kappa shape index (κ2) is 7.77. The minimum absolute atomic E-state index is 0.00889. The number of anilines is 1. The van der Waals surface area contributed by atoms with Gasteiger partial charge in [0, 0.05) is 11.3 Å². The number of carbonyl (C=O) groups excluding carboxylic acids is 2. The predicted molar refractivity (Wildman–Crippen MR) is 89.6 cm³/mol. The van der Waals surface area contributed by atoms with Gasteiger partial charge in [-0.05, 0) is 37.7 Å². The lowest BCUT2D eigenvalue weighted by atomic mass is 10.0. The van der Waals surface area contributed by atoms with E-state index in [-0.39, 0.29) is 11.9 Å². The van der Waals surface area contributed by atoms with E-state index in [0.29, 0.717) is 35.4 Å². The van der Waals surface area contributed by atoms with Crippen LogP contribution >= 0.6 is 11.3 Å². The second-order valence-electron chi connectivity index (χ2n) is 6.17. The molecular weight excluding hydrogens is 298 g/mol. The first-order valence-electron chi connectivity index (χ1n) is 8.12. The molecule has 1 heterocycles. The third-order valence-corrected chi connectivity index (χ3v) is 5.37. The van der Waals surface area contributed by atoms with Gasteiger partial charge >= 0.3 is 5.97 Å². The van der Waals surface area contributed by atoms with Gasteiger partial charge in [-0.2, -0.15) is 0 Å². The first kappa shape index (κ1) is 17.0. The summed E-state index contributed by atoms with van der Waals surface area (Å²) in [4.78, 5) is 25.4. The van der Waals surface area contributed by atoms with Crippen LogP contribution in [-0.4, -0.2) is 18.5 Å². The standard InChI is InChI=1S/C17H25NO3S/c1-4-21-17(20)13-10-14(11(2)3)22-16(13)18-15(19)9-12-7-5-6-8-12/h10-12H,4-9H2,1-3H3,(H,18,19). The van der Waals surface area contributed by atoms with Crippen LogP contribution in [0.2, 0.25) is 0 Å². The molecule has 1 aromatic heterocycles. The highest BCUT2D eigenvalue weighted by atomic mass is 32.1. The predicted octanol–water partition coefficient (Wildman–Crippen LogP) is 4.57. The molecule has 2 rings (SSSR count). The Hall–Kier alpha value is -1.36. The van der Waals surface area contributed by atoms with Crippen LogP contribution in [0.5, 0.6) is 0 Å². The summed E-state index contributed by atoms with van der Waals surface area (Å²) in [6.45, 7) is 6.27. The SMILES string of the molecule is CCOC(=O)c1cc(C(C)C)sc1NC(=O)CC1CCCC1. The molecular formula is C17H25NO3S. The lowest BCUT2D eigenvalue weighted by molar-refractivity contribution is -0.117. The summed E-state index contributed by atoms with van der Waals surface area (Å²) in [5.41, 5.74) is 0.482. The van der Waals surface area contributed by atoms with E-state index in [1.54, 1.807) is 6.92 Å². The molecule has 0 aromatic carbocycles. The highest BCUT2D eigenvalue weighted by Gasteiger charge is 2.22. The lowest BCUT2D eigenvalue weighted by Gasteiger charge is -2.09. The Morgan fingerprint density at radius 2 is 2.05 bits per heavy atom. The molecule has 1 aliphatic carbocycles. The fourth-order valence-corrected chi connectivity index (χ4v) is 3.87. The third-order valence-electron chi connectivity index (χ3n) is 4.02. The maximum absolute atomic E-state index is 12.2. The van der Waals surface area contributed by atoms with Crippen LogP contribution in [0.25, 0.3) is 0 Å². The van der Waals surface area contributed by atoms with Crippen LogP contribution in [0.15, 0.2) is 6.07 Å². The minimum atomic E-state index is -0.359. The molecule has 0 saturated heterocycles. The Bertz CT molecular complexity index is 530. The van der Waals surface area contributed by atoms with E-state index in [0.717, 1.165) is 17.7 Å². The molecule has 4 nitrogen and oxygen atoms in total. The molecule has 0 spiro atoms. The van der Waals surface area contributed by atoms with Gasteiger partial charge in [-0.25, -0.2) is 4.79 Å². The zero-order valence-electron chi connectivity index (χ0n) is 13.6. The summed E-state index contributed by atoms with van der Waals surface area (Å²) >= 11 is 1.48. The average molecular weight is 323 g/mol. The van der Waals surface area contributed by atoms with Crippen molar-refractivity contribution in [2.45, 2.75) is 58.8 Å². The number of esters is 1. The Kier molecular flexibility index (Phi) is 6.00. The van der Waals surface area contributed by atoms with Crippen LogP contribution in [-0.2, 0) is 9.53 Å². The molecule has 1 amide bonds. The highest BCUT2D eigenvalue weighted by molar-refractivity contribution is 7.16. The summed E-state index contributed by atoms with van der Waals surface area (Å²) in [5, 5.41) is 3.56. The molecule has 0 unspecified atom stereocenters. The molecule has 0 bridgehead atoms. The number of hydrogen-bond donors (Lipinski definition) is 1. The average Bonchev–Trinajstić information content (AvgIpc) is 3.08. The highest BCUT2D eigenvalue weighted by Crippen LogP contribution is 2.34. The van der Waals surface area contributed by atoms with Gasteiger partial charge in [0.05, 0.1) is 12.2 Å². The summed E-state index contributed by atoms with van der Waals surface area (Å²) in [6, 6.07) is 1.85. The molecule has 1 saturated carbocycles. The van der Waals surface area contributed by atoms with Crippen molar-refractivity contribution >= 4 is 28.2 Å². The first-order chi connectivity index (χ1) is 10.5. The first-order valence-corrected chi connectivity index (χ1v) is 8.93. The normalized spacial score (nSPS) is 15.3. The van der Waals surface area contributed by atoms with Crippen LogP contribution in [0.1, 0.15) is 74.0 Å². The monoisotopic (exact) mass is 323 g/mol. The number of thiophene rings is 1. The number of nitrogens with one attached hydrogen (secondary N) is 1. The van der Waals surface area contributed by atoms with Gasteiger partial charge in [0.25, 0.3) is 0 Å². The second-order valence-corrected chi connectivity index (χ2v) is 7.25. The van der Waals surface area contributed by atoms with E-state index in [2.05, 4.69) is 19.2 Å². The Morgan fingerprint density at radius 3 is 2.64 bits per heavy atom. The Balaban J connectivity index is 2.09. The number of carbonyl (C=O) groups is 2. The van der Waals surface area contributed by atoms with Gasteiger partial charge < -0.3 is 10.1 Å². The van der Waals surface area contributed by atoms with Gasteiger partial charge in [-0.3, -0.25) is 4.79 Å². The van der Waals surface area contributed by atoms with E-state index in [1.807, 2.05) is 6.07 Å². The number of rotatable bonds is 6. The summed E-state index contributed by atoms with van der Waals surface area (Å²) in [7, 11) is 0. The van der Waals surface area contributed by atoms with Crippen LogP contribution in [0.3, 0.4) is 0 Å². The molecule has 122 valence electrons. The molecule has 5 heteroatoms. The van der Waals surface area contributed by atoms with Gasteiger partial charge in [0.1, 0.15) is 5.00 Å². The van der Waals surface area contributed by atoms with Crippen molar-refractivity contribution in [2.75, 3.05) is 11.9 Å². The van der Waals surface area contributed by atoms with Crippen molar-refractivity contribution in [1.82, 2.24) is 0 Å². The van der Waals surface area contributed by atoms with Crippen molar-refractivity contribution in [3.63, 3.8) is 0 Å². The molecule has 1 aliphatic rings. The molecule has 1 N–H and O–H groups in total. The van der Waals surface area contributed by atoms with Crippen LogP contribution < -0.4 is 5.32 Å². The van der Waals surface area contributed by atoms with Crippen molar-refractivity contribution < 1.29 is 14.3 Å². The van der Waals surface area contributed by atoms with Gasteiger partial charge in [0.15, 0.2) is 0 Å². The number of ether oxygens (including phenoxy) is 1. The molecule has 0 aliphatic heterocycles. The quantitative estimate of drug-likeness (QED) is 0.780. The van der Waals surface area contributed by atoms with Gasteiger partial charge in [-0.1, -0.05) is 26.7 Å². The Labute approximate surface area is 136 Å². The summed E-state index contributed by atoms with van der Waals surface area (Å²) in [5.74, 6) is 0.464. The molecule has 22 heavy (non-hydrogen) atoms. The minimum Gasteiger partial charge on any atom is -0.462 e. The Morgan fingerprint density at radius 1 is 1.36 bits per heavy atom. The van der Waals surface area contributed by atoms with Crippen molar-refractivity contribution in [2.24, 2.45) is 5.92 Å². The lowest BCUT2D eigenvalue weighted by Crippen LogP contribution is -2.16. The van der Waals surface area contributed by atoms with Crippen molar-refractivity contribution in [3.8, 4) is 0 Å². The number of hydrogen-bond acceptors (Lipinski definition) is 4. The zero-order chi connectivity index (χ0) is 16.1. The molecule has 1 fully saturated rings. The third kappa shape index (κ3) is 4.32. The fraction of sp³-hybridized carbons (Fsp3) is 0.647. The smallest absolute Gasteiger partial charge is 0.341 e. The van der Waals surface area contributed by atoms with E-state index >= 15 is 0 Å². The van der Waals surface area contributed by atoms with Crippen molar-refractivity contribution in [1.29, 1.82) is 0 Å². The maximum Gasteiger partial charge on any atom is 0.341 e.